The van der Waals surface area contributed by atoms with E-state index in [-0.39, 0.29) is 22.4 Å². The summed E-state index contributed by atoms with van der Waals surface area (Å²) in [6.45, 7) is 5.56. The van der Waals surface area contributed by atoms with Crippen LogP contribution in [0.4, 0.5) is 4.79 Å². The average Bonchev–Trinajstić information content (AvgIpc) is 1.63. The molecule has 0 aliphatic rings. The Morgan fingerprint density at radius 3 is 1.55 bits per heavy atom. The molecule has 0 fully saturated rings. The molecule has 0 aromatic carbocycles. The topological polar surface area (TPSA) is 83.4 Å². The first kappa shape index (κ1) is 17.2. The normalized spacial score (nSPS) is 8.73. The first-order chi connectivity index (χ1) is 4.29. The van der Waals surface area contributed by atoms with Gasteiger partial charge in [0.1, 0.15) is 0 Å². The Kier molecular flexibility index (Phi) is 12.6. The zero-order valence-electron chi connectivity index (χ0n) is 6.68. The van der Waals surface area contributed by atoms with E-state index in [4.69, 9.17) is 20.1 Å². The van der Waals surface area contributed by atoms with Crippen LogP contribution in [0, 0.1) is 0 Å². The van der Waals surface area contributed by atoms with Crippen molar-refractivity contribution in [2.75, 3.05) is 0 Å². The summed E-state index contributed by atoms with van der Waals surface area (Å²) in [6.07, 6.45) is -1.51. The average molecular weight is 256 g/mol. The molecule has 0 rings (SSSR count). The Hall–Kier alpha value is -0.0297. The van der Waals surface area contributed by atoms with Gasteiger partial charge in [-0.3, -0.25) is 0 Å². The van der Waals surface area contributed by atoms with Crippen molar-refractivity contribution in [1.29, 1.82) is 0 Å². The molecule has 0 amide bonds. The van der Waals surface area contributed by atoms with Gasteiger partial charge in [0.25, 0.3) is 0 Å². The molecule has 0 saturated carbocycles. The van der Waals surface area contributed by atoms with Gasteiger partial charge >= 0.3 is 22.4 Å². The van der Waals surface area contributed by atoms with E-state index in [2.05, 4.69) is 0 Å². The van der Waals surface area contributed by atoms with Gasteiger partial charge in [0, 0.05) is 0 Å². The van der Waals surface area contributed by atoms with Crippen molar-refractivity contribution >= 4 is 6.16 Å². The summed E-state index contributed by atoms with van der Waals surface area (Å²) in [7, 11) is 0. The van der Waals surface area contributed by atoms with Gasteiger partial charge in [-0.05, 0) is 26.4 Å². The predicted octanol–water partition coefficient (Wildman–Crippen LogP) is -1.28. The fourth-order valence-electron chi connectivity index (χ4n) is 0. The molecular weight excluding hydrogens is 244 g/mol. The molecule has 0 spiro atoms. The fraction of sp³-hybridized carbons (Fsp3) is 0.833. The van der Waals surface area contributed by atoms with Gasteiger partial charge in [0.15, 0.2) is 0 Å². The number of aliphatic hydroxyl groups is 1. The van der Waals surface area contributed by atoms with Gasteiger partial charge in [0.2, 0.25) is 0 Å². The minimum Gasteiger partial charge on any atom is -0.652 e. The van der Waals surface area contributed by atoms with E-state index in [1.807, 2.05) is 6.92 Å². The second kappa shape index (κ2) is 8.07. The van der Waals surface area contributed by atoms with Crippen LogP contribution >= 0.6 is 0 Å². The maximum atomic E-state index is 8.83. The second-order valence-corrected chi connectivity index (χ2v) is 2.42. The third-order valence-corrected chi connectivity index (χ3v) is 0.865. The van der Waals surface area contributed by atoms with Crippen molar-refractivity contribution < 1.29 is 42.5 Å². The summed E-state index contributed by atoms with van der Waals surface area (Å²) in [5.74, 6) is 0. The first-order valence-electron chi connectivity index (χ1n) is 2.90. The zero-order valence-corrected chi connectivity index (χ0v) is 8.16. The second-order valence-electron chi connectivity index (χ2n) is 2.42. The van der Waals surface area contributed by atoms with E-state index in [1.54, 1.807) is 13.8 Å². The van der Waals surface area contributed by atoms with E-state index in [1.165, 1.54) is 0 Å². The van der Waals surface area contributed by atoms with Gasteiger partial charge in [-0.1, -0.05) is 6.92 Å². The molecule has 5 heteroatoms. The molecule has 4 nitrogen and oxygen atoms in total. The quantitative estimate of drug-likeness (QED) is 0.592. The van der Waals surface area contributed by atoms with Crippen molar-refractivity contribution in [2.24, 2.45) is 0 Å². The van der Waals surface area contributed by atoms with Gasteiger partial charge < -0.3 is 20.1 Å². The number of hydrogen-bond donors (Lipinski definition) is 1. The number of carboxylic acid groups (broad SMARTS) is 2. The molecule has 0 heterocycles. The van der Waals surface area contributed by atoms with Gasteiger partial charge in [-0.25, -0.2) is 0 Å². The van der Waals surface area contributed by atoms with Crippen molar-refractivity contribution in [3.8, 4) is 0 Å². The first-order valence-corrected chi connectivity index (χ1v) is 2.90. The van der Waals surface area contributed by atoms with Crippen LogP contribution < -0.4 is 10.2 Å². The molecule has 11 heavy (non-hydrogen) atoms. The summed E-state index contributed by atoms with van der Waals surface area (Å²) < 4.78 is 0. The monoisotopic (exact) mass is 255 g/mol. The van der Waals surface area contributed by atoms with Crippen molar-refractivity contribution in [2.45, 2.75) is 32.8 Å². The van der Waals surface area contributed by atoms with Gasteiger partial charge in [-0.2, -0.15) is 0 Å². The van der Waals surface area contributed by atoms with Crippen molar-refractivity contribution in [1.82, 2.24) is 0 Å². The number of hydrogen-bond acceptors (Lipinski definition) is 4. The smallest absolute Gasteiger partial charge is 0.652 e. The molecular formula is C6H12AgO4. The van der Waals surface area contributed by atoms with E-state index >= 15 is 0 Å². The molecule has 0 atom stereocenters. The minimum atomic E-state index is -2.33. The summed E-state index contributed by atoms with van der Waals surface area (Å²) in [4.78, 5) is 8.33. The maximum Gasteiger partial charge on any atom is 2.00 e. The summed E-state index contributed by atoms with van der Waals surface area (Å²) in [5, 5.41) is 25.5. The van der Waals surface area contributed by atoms with Gasteiger partial charge in [-0.15, -0.1) is 0 Å². The molecule has 0 saturated heterocycles. The van der Waals surface area contributed by atoms with Crippen LogP contribution in [0.15, 0.2) is 0 Å². The Balaban J connectivity index is -0.000000114. The van der Waals surface area contributed by atoms with E-state index < -0.39 is 11.8 Å². The predicted molar refractivity (Wildman–Crippen MR) is 32.0 cm³/mol. The Bertz CT molecular complexity index is 93.2. The third kappa shape index (κ3) is 71.8. The van der Waals surface area contributed by atoms with Crippen LogP contribution in [0.1, 0.15) is 27.2 Å². The van der Waals surface area contributed by atoms with Crippen LogP contribution in [0.3, 0.4) is 0 Å². The third-order valence-electron chi connectivity index (χ3n) is 0.865. The number of carbonyl (C=O) groups excluding carboxylic acids is 1. The minimum absolute atomic E-state index is 0. The largest absolute Gasteiger partial charge is 2.00 e. The molecule has 0 aliphatic carbocycles. The molecule has 0 aromatic heterocycles. The molecule has 1 radical (unpaired) electrons. The van der Waals surface area contributed by atoms with Crippen LogP contribution in [-0.2, 0) is 22.4 Å². The Morgan fingerprint density at radius 1 is 1.45 bits per heavy atom. The van der Waals surface area contributed by atoms with Crippen molar-refractivity contribution in [3.63, 3.8) is 0 Å². The van der Waals surface area contributed by atoms with Crippen molar-refractivity contribution in [3.05, 3.63) is 0 Å². The number of carbonyl (C=O) groups is 1. The molecule has 0 aliphatic heterocycles. The summed E-state index contributed by atoms with van der Waals surface area (Å²) in [5.41, 5.74) is -0.458. The maximum absolute atomic E-state index is 8.83. The fourth-order valence-corrected chi connectivity index (χ4v) is 0. The van der Waals surface area contributed by atoms with E-state index in [9.17, 15) is 0 Å². The van der Waals surface area contributed by atoms with Crippen LogP contribution in [0.5, 0.6) is 0 Å². The van der Waals surface area contributed by atoms with Crippen LogP contribution in [0.2, 0.25) is 0 Å². The molecule has 0 aromatic rings. The zero-order chi connectivity index (χ0) is 8.78. The standard InChI is InChI=1S/C5H12O.CH2O3.Ag/c1-4-5(2,3)6;2-1(3)4;/h6H,4H2,1-3H3;(H2,2,3,4);/q;;+2/p-2. The van der Waals surface area contributed by atoms with E-state index in [0.29, 0.717) is 0 Å². The molecule has 1 N–H and O–H groups in total. The van der Waals surface area contributed by atoms with Crippen LogP contribution in [0.25, 0.3) is 0 Å². The van der Waals surface area contributed by atoms with Gasteiger partial charge in [0.05, 0.1) is 5.60 Å². The summed E-state index contributed by atoms with van der Waals surface area (Å²) in [6, 6.07) is 0. The molecule has 0 bridgehead atoms. The summed E-state index contributed by atoms with van der Waals surface area (Å²) >= 11 is 0. The molecule has 71 valence electrons. The van der Waals surface area contributed by atoms with E-state index in [0.717, 1.165) is 6.42 Å². The molecule has 0 unspecified atom stereocenters. The number of rotatable bonds is 1. The van der Waals surface area contributed by atoms with Crippen LogP contribution in [-0.4, -0.2) is 16.9 Å². The Labute approximate surface area is 81.7 Å². The SMILES string of the molecule is CCC(C)(C)O.O=C([O-])[O-].[Ag+2]. The Morgan fingerprint density at radius 2 is 1.55 bits per heavy atom.